The second-order valence-electron chi connectivity index (χ2n) is 5.59. The number of methoxy groups -OCH3 is 1. The number of anilines is 2. The van der Waals surface area contributed by atoms with E-state index in [2.05, 4.69) is 22.1 Å². The highest BCUT2D eigenvalue weighted by molar-refractivity contribution is 7.07. The monoisotopic (exact) mass is 348 g/mol. The molecule has 2 amide bonds. The van der Waals surface area contributed by atoms with Crippen molar-refractivity contribution in [3.05, 3.63) is 40.6 Å². The number of quaternary nitrogens is 1. The summed E-state index contributed by atoms with van der Waals surface area (Å²) in [4.78, 5) is 24.5. The Hall–Kier alpha value is -2.38. The van der Waals surface area contributed by atoms with Crippen LogP contribution in [-0.4, -0.2) is 32.5 Å². The number of hydrogen-bond donors (Lipinski definition) is 3. The van der Waals surface area contributed by atoms with E-state index in [1.165, 1.54) is 19.6 Å². The predicted octanol–water partition coefficient (Wildman–Crippen LogP) is 1.37. The van der Waals surface area contributed by atoms with E-state index in [4.69, 9.17) is 4.74 Å². The summed E-state index contributed by atoms with van der Waals surface area (Å²) in [6.07, 6.45) is 0. The van der Waals surface area contributed by atoms with Crippen molar-refractivity contribution >= 4 is 34.5 Å². The zero-order valence-corrected chi connectivity index (χ0v) is 14.8. The molecule has 1 heterocycles. The van der Waals surface area contributed by atoms with E-state index < -0.39 is 0 Å². The minimum Gasteiger partial charge on any atom is -0.495 e. The van der Waals surface area contributed by atoms with Crippen LogP contribution in [0, 0.1) is 0 Å². The molecule has 0 saturated heterocycles. The van der Waals surface area contributed by atoms with Crippen LogP contribution < -0.4 is 20.3 Å². The lowest BCUT2D eigenvalue weighted by Crippen LogP contribution is -3.08. The molecule has 24 heavy (non-hydrogen) atoms. The zero-order chi connectivity index (χ0) is 17.5. The third-order valence-electron chi connectivity index (χ3n) is 3.34. The number of carbonyl (C=O) groups is 2. The molecule has 0 aliphatic heterocycles. The minimum absolute atomic E-state index is 0.110. The van der Waals surface area contributed by atoms with Gasteiger partial charge in [-0.1, -0.05) is 0 Å². The molecule has 0 spiro atoms. The summed E-state index contributed by atoms with van der Waals surface area (Å²) in [5.41, 5.74) is 2.37. The summed E-state index contributed by atoms with van der Waals surface area (Å²) in [5, 5.41) is 9.66. The van der Waals surface area contributed by atoms with Crippen molar-refractivity contribution in [2.75, 3.05) is 31.3 Å². The lowest BCUT2D eigenvalue weighted by molar-refractivity contribution is -0.885. The molecule has 7 heteroatoms. The average molecular weight is 348 g/mol. The van der Waals surface area contributed by atoms with Gasteiger partial charge in [-0.25, -0.2) is 0 Å². The number of thiophene rings is 1. The van der Waals surface area contributed by atoms with Crippen LogP contribution in [0.5, 0.6) is 5.75 Å². The Morgan fingerprint density at radius 2 is 2.04 bits per heavy atom. The molecule has 0 aliphatic carbocycles. The Labute approximate surface area is 145 Å². The summed E-state index contributed by atoms with van der Waals surface area (Å²) in [7, 11) is 3.51. The van der Waals surface area contributed by atoms with Gasteiger partial charge in [0.2, 0.25) is 5.91 Å². The molecule has 2 aromatic rings. The van der Waals surface area contributed by atoms with E-state index in [1.54, 1.807) is 29.5 Å². The van der Waals surface area contributed by atoms with E-state index in [-0.39, 0.29) is 11.8 Å². The van der Waals surface area contributed by atoms with Crippen molar-refractivity contribution in [2.45, 2.75) is 13.5 Å². The molecule has 0 aliphatic rings. The van der Waals surface area contributed by atoms with Crippen LogP contribution in [0.3, 0.4) is 0 Å². The first kappa shape index (κ1) is 18.0. The molecule has 6 nitrogen and oxygen atoms in total. The Morgan fingerprint density at radius 3 is 2.67 bits per heavy atom. The fraction of sp³-hybridized carbons (Fsp3) is 0.294. The second-order valence-corrected chi connectivity index (χ2v) is 6.37. The van der Waals surface area contributed by atoms with E-state index in [9.17, 15) is 9.59 Å². The molecule has 0 bridgehead atoms. The summed E-state index contributed by atoms with van der Waals surface area (Å²) in [6.45, 7) is 2.56. The van der Waals surface area contributed by atoms with Gasteiger partial charge >= 0.3 is 0 Å². The van der Waals surface area contributed by atoms with Gasteiger partial charge in [-0.05, 0) is 35.0 Å². The number of amides is 2. The zero-order valence-electron chi connectivity index (χ0n) is 14.0. The lowest BCUT2D eigenvalue weighted by atomic mass is 10.2. The van der Waals surface area contributed by atoms with Crippen molar-refractivity contribution in [1.82, 2.24) is 0 Å². The molecule has 128 valence electrons. The van der Waals surface area contributed by atoms with Gasteiger partial charge in [0.1, 0.15) is 12.3 Å². The number of benzene rings is 1. The van der Waals surface area contributed by atoms with Crippen LogP contribution >= 0.6 is 11.3 Å². The normalized spacial score (nSPS) is 11.6. The first-order valence-corrected chi connectivity index (χ1v) is 8.50. The van der Waals surface area contributed by atoms with Crippen LogP contribution in [-0.2, 0) is 16.1 Å². The Kier molecular flexibility index (Phi) is 6.34. The molecule has 1 atom stereocenters. The summed E-state index contributed by atoms with van der Waals surface area (Å²) in [5.74, 6) is 0.270. The largest absolute Gasteiger partial charge is 0.495 e. The maximum atomic E-state index is 12.3. The van der Waals surface area contributed by atoms with E-state index in [0.29, 0.717) is 23.7 Å². The first-order chi connectivity index (χ1) is 11.5. The van der Waals surface area contributed by atoms with Gasteiger partial charge in [0.25, 0.3) is 5.91 Å². The summed E-state index contributed by atoms with van der Waals surface area (Å²) >= 11 is 1.65. The second kappa shape index (κ2) is 8.47. The SMILES string of the molecule is COc1ccc(NC(C)=O)cc1NC(=O)C[NH+](C)Cc1ccsc1. The van der Waals surface area contributed by atoms with Crippen molar-refractivity contribution in [1.29, 1.82) is 0 Å². The molecule has 2 rings (SSSR count). The van der Waals surface area contributed by atoms with Gasteiger partial charge in [-0.2, -0.15) is 11.3 Å². The lowest BCUT2D eigenvalue weighted by Gasteiger charge is -2.15. The molecule has 0 radical (unpaired) electrons. The molecule has 1 aromatic carbocycles. The third-order valence-corrected chi connectivity index (χ3v) is 4.07. The molecular weight excluding hydrogens is 326 g/mol. The molecule has 1 aromatic heterocycles. The minimum atomic E-state index is -0.169. The Balaban J connectivity index is 2.00. The van der Waals surface area contributed by atoms with Crippen LogP contribution in [0.1, 0.15) is 12.5 Å². The third kappa shape index (κ3) is 5.36. The topological polar surface area (TPSA) is 71.9 Å². The smallest absolute Gasteiger partial charge is 0.279 e. The standard InChI is InChI=1S/C17H21N3O3S/c1-12(21)18-14-4-5-16(23-3)15(8-14)19-17(22)10-20(2)9-13-6-7-24-11-13/h4-8,11H,9-10H2,1-3H3,(H,18,21)(H,19,22)/p+1. The van der Waals surface area contributed by atoms with Crippen molar-refractivity contribution < 1.29 is 19.2 Å². The van der Waals surface area contributed by atoms with Crippen LogP contribution in [0.15, 0.2) is 35.0 Å². The highest BCUT2D eigenvalue weighted by atomic mass is 32.1. The summed E-state index contributed by atoms with van der Waals surface area (Å²) < 4.78 is 5.26. The Morgan fingerprint density at radius 1 is 1.25 bits per heavy atom. The highest BCUT2D eigenvalue weighted by Crippen LogP contribution is 2.27. The van der Waals surface area contributed by atoms with Crippen molar-refractivity contribution in [2.24, 2.45) is 0 Å². The number of ether oxygens (including phenoxy) is 1. The molecule has 0 saturated carbocycles. The van der Waals surface area contributed by atoms with Crippen molar-refractivity contribution in [3.8, 4) is 5.75 Å². The number of carbonyl (C=O) groups excluding carboxylic acids is 2. The van der Waals surface area contributed by atoms with Gasteiger partial charge in [0, 0.05) is 18.2 Å². The number of rotatable bonds is 7. The van der Waals surface area contributed by atoms with Crippen LogP contribution in [0.2, 0.25) is 0 Å². The van der Waals surface area contributed by atoms with Gasteiger partial charge in [-0.3, -0.25) is 9.59 Å². The maximum Gasteiger partial charge on any atom is 0.279 e. The maximum absolute atomic E-state index is 12.3. The first-order valence-electron chi connectivity index (χ1n) is 7.55. The molecular formula is C17H22N3O3S+. The van der Waals surface area contributed by atoms with Gasteiger partial charge in [0.15, 0.2) is 6.54 Å². The fourth-order valence-electron chi connectivity index (χ4n) is 2.36. The molecule has 0 fully saturated rings. The molecule has 1 unspecified atom stereocenters. The molecule has 3 N–H and O–H groups in total. The van der Waals surface area contributed by atoms with Gasteiger partial charge < -0.3 is 20.3 Å². The number of hydrogen-bond acceptors (Lipinski definition) is 4. The van der Waals surface area contributed by atoms with Crippen LogP contribution in [0.25, 0.3) is 0 Å². The highest BCUT2D eigenvalue weighted by Gasteiger charge is 2.14. The fourth-order valence-corrected chi connectivity index (χ4v) is 3.03. The number of likely N-dealkylation sites (N-methyl/N-ethyl adjacent to an activating group) is 1. The van der Waals surface area contributed by atoms with E-state index in [0.717, 1.165) is 11.4 Å². The van der Waals surface area contributed by atoms with E-state index >= 15 is 0 Å². The number of nitrogens with one attached hydrogen (secondary N) is 3. The van der Waals surface area contributed by atoms with Crippen LogP contribution in [0.4, 0.5) is 11.4 Å². The predicted molar refractivity (Wildman–Crippen MR) is 95.7 cm³/mol. The quantitative estimate of drug-likeness (QED) is 0.708. The van der Waals surface area contributed by atoms with Gasteiger partial charge in [-0.15, -0.1) is 0 Å². The van der Waals surface area contributed by atoms with Crippen molar-refractivity contribution in [3.63, 3.8) is 0 Å². The van der Waals surface area contributed by atoms with Gasteiger partial charge in [0.05, 0.1) is 19.8 Å². The summed E-state index contributed by atoms with van der Waals surface area (Å²) in [6, 6.07) is 7.19. The van der Waals surface area contributed by atoms with E-state index in [1.807, 2.05) is 12.4 Å². The average Bonchev–Trinajstić information content (AvgIpc) is 2.99. The Bertz CT molecular complexity index is 701.